The minimum absolute atomic E-state index is 0.147. The van der Waals surface area contributed by atoms with Gasteiger partial charge in [0.2, 0.25) is 0 Å². The van der Waals surface area contributed by atoms with Crippen LogP contribution in [-0.4, -0.2) is 55.9 Å². The van der Waals surface area contributed by atoms with Gasteiger partial charge in [0.25, 0.3) is 0 Å². The van der Waals surface area contributed by atoms with Crippen molar-refractivity contribution in [2.75, 3.05) is 12.1 Å². The van der Waals surface area contributed by atoms with Crippen molar-refractivity contribution in [3.8, 4) is 0 Å². The highest BCUT2D eigenvalue weighted by atomic mass is 16.6. The molecule has 4 atom stereocenters. The molecule has 26 heavy (non-hydrogen) atoms. The second kappa shape index (κ2) is 8.12. The molecule has 1 aromatic rings. The molecule has 3 rings (SSSR count). The number of carbonyl (C=O) groups excluding carboxylic acids is 1. The summed E-state index contributed by atoms with van der Waals surface area (Å²) in [5, 5.41) is 29.2. The summed E-state index contributed by atoms with van der Waals surface area (Å²) in [4.78, 5) is 27.6. The first kappa shape index (κ1) is 17.4. The molecule has 1 saturated heterocycles. The van der Waals surface area contributed by atoms with Crippen LogP contribution in [0.3, 0.4) is 0 Å². The molecule has 0 unspecified atom stereocenters. The van der Waals surface area contributed by atoms with E-state index < -0.39 is 30.2 Å². The Kier molecular flexibility index (Phi) is 5.44. The summed E-state index contributed by atoms with van der Waals surface area (Å²) in [6, 6.07) is 1.19. The van der Waals surface area contributed by atoms with E-state index in [9.17, 15) is 19.8 Å². The van der Waals surface area contributed by atoms with Gasteiger partial charge in [-0.25, -0.2) is 4.79 Å². The topological polar surface area (TPSA) is 143 Å². The Morgan fingerprint density at radius 2 is 2.12 bits per heavy atom. The van der Waals surface area contributed by atoms with Gasteiger partial charge in [0.1, 0.15) is 24.9 Å². The number of anilines is 1. The molecule has 2 fully saturated rings. The Labute approximate surface area is 150 Å². The van der Waals surface area contributed by atoms with Crippen LogP contribution in [0.15, 0.2) is 17.1 Å². The molecule has 2 heterocycles. The third-order valence-corrected chi connectivity index (χ3v) is 4.71. The number of esters is 1. The first-order valence-electron chi connectivity index (χ1n) is 9.07. The van der Waals surface area contributed by atoms with E-state index in [1.54, 1.807) is 5.48 Å². The zero-order valence-corrected chi connectivity index (χ0v) is 14.1. The predicted molar refractivity (Wildman–Crippen MR) is 87.4 cm³/mol. The Morgan fingerprint density at radius 1 is 1.38 bits per heavy atom. The summed E-state index contributed by atoms with van der Waals surface area (Å²) < 4.78 is 19.6. The van der Waals surface area contributed by atoms with Crippen LogP contribution in [-0.2, 0) is 14.3 Å². The van der Waals surface area contributed by atoms with Crippen LogP contribution in [0.1, 0.15) is 39.7 Å². The van der Waals surface area contributed by atoms with Crippen molar-refractivity contribution in [2.24, 2.45) is 5.92 Å². The highest BCUT2D eigenvalue weighted by molar-refractivity contribution is 5.72. The monoisotopic (exact) mass is 370 g/mol. The number of nitrogens with one attached hydrogen (secondary N) is 1. The van der Waals surface area contributed by atoms with E-state index in [0.717, 1.165) is 38.3 Å². The summed E-state index contributed by atoms with van der Waals surface area (Å²) >= 11 is 0. The molecule has 10 nitrogen and oxygen atoms in total. The van der Waals surface area contributed by atoms with Crippen molar-refractivity contribution < 1.29 is 31.1 Å². The zero-order chi connectivity index (χ0) is 19.6. The highest BCUT2D eigenvalue weighted by Gasteiger charge is 2.45. The van der Waals surface area contributed by atoms with Crippen LogP contribution in [0.25, 0.3) is 0 Å². The number of carbonyl (C=O) groups is 1. The van der Waals surface area contributed by atoms with Crippen LogP contribution < -0.4 is 11.2 Å². The summed E-state index contributed by atoms with van der Waals surface area (Å²) in [7, 11) is 0. The van der Waals surface area contributed by atoms with Gasteiger partial charge in [-0.05, 0) is 18.9 Å². The van der Waals surface area contributed by atoms with Crippen molar-refractivity contribution in [1.82, 2.24) is 9.55 Å². The SMILES string of the molecule is [2H][C@@]1(n2ccc(NO)nc2=O)O[C@H](COC(=O)C2CCCCC2)[C@@H](O)[C@H]1O. The van der Waals surface area contributed by atoms with E-state index in [1.807, 2.05) is 0 Å². The lowest BCUT2D eigenvalue weighted by Crippen LogP contribution is -2.36. The summed E-state index contributed by atoms with van der Waals surface area (Å²) in [6.07, 6.45) is -1.21. The Morgan fingerprint density at radius 3 is 2.77 bits per heavy atom. The fourth-order valence-electron chi connectivity index (χ4n) is 3.23. The third kappa shape index (κ3) is 3.88. The molecular formula is C16H23N3O7. The van der Waals surface area contributed by atoms with Gasteiger partial charge in [0.15, 0.2) is 12.0 Å². The van der Waals surface area contributed by atoms with E-state index in [2.05, 4.69) is 4.98 Å². The second-order valence-corrected chi connectivity index (χ2v) is 6.47. The maximum absolute atomic E-state index is 12.1. The van der Waals surface area contributed by atoms with Crippen molar-refractivity contribution in [3.05, 3.63) is 22.7 Å². The van der Waals surface area contributed by atoms with Crippen LogP contribution in [0, 0.1) is 5.92 Å². The van der Waals surface area contributed by atoms with E-state index in [4.69, 9.17) is 16.1 Å². The number of aliphatic hydroxyl groups is 2. The number of rotatable bonds is 5. The first-order valence-corrected chi connectivity index (χ1v) is 8.57. The fourth-order valence-corrected chi connectivity index (χ4v) is 3.23. The maximum Gasteiger partial charge on any atom is 0.351 e. The van der Waals surface area contributed by atoms with Gasteiger partial charge in [-0.15, -0.1) is 0 Å². The largest absolute Gasteiger partial charge is 0.463 e. The molecule has 2 aliphatic rings. The van der Waals surface area contributed by atoms with Gasteiger partial charge in [0.05, 0.1) is 7.29 Å². The predicted octanol–water partition coefficient (Wildman–Crippen LogP) is -0.213. The summed E-state index contributed by atoms with van der Waals surface area (Å²) in [5.74, 6) is -0.723. The zero-order valence-electron chi connectivity index (χ0n) is 15.1. The van der Waals surface area contributed by atoms with Gasteiger partial charge in [0, 0.05) is 6.20 Å². The maximum atomic E-state index is 12.1. The molecule has 0 spiro atoms. The summed E-state index contributed by atoms with van der Waals surface area (Å²) in [5.41, 5.74) is 0.718. The fraction of sp³-hybridized carbons (Fsp3) is 0.688. The minimum Gasteiger partial charge on any atom is -0.463 e. The van der Waals surface area contributed by atoms with Crippen LogP contribution >= 0.6 is 0 Å². The second-order valence-electron chi connectivity index (χ2n) is 6.47. The minimum atomic E-state index is -2.35. The van der Waals surface area contributed by atoms with Crippen molar-refractivity contribution in [1.29, 1.82) is 0 Å². The molecule has 0 aromatic carbocycles. The average molecular weight is 370 g/mol. The molecule has 4 N–H and O–H groups in total. The van der Waals surface area contributed by atoms with E-state index >= 15 is 0 Å². The standard InChI is InChI=1S/C16H23N3O7/c20-12-10(8-25-15(22)9-4-2-1-3-5-9)26-14(13(12)21)19-7-6-11(18-24)17-16(19)23/h6-7,9-10,12-14,20-21,24H,1-5,8H2,(H,17,18,23)/t10-,12-,13-,14-/m1/s1/i14D. The normalized spacial score (nSPS) is 32.9. The Balaban J connectivity index is 1.69. The Bertz CT molecular complexity index is 739. The first-order chi connectivity index (χ1) is 12.9. The van der Waals surface area contributed by atoms with Crippen LogP contribution in [0.5, 0.6) is 0 Å². The van der Waals surface area contributed by atoms with E-state index in [1.165, 1.54) is 6.07 Å². The van der Waals surface area contributed by atoms with Gasteiger partial charge in [-0.1, -0.05) is 19.3 Å². The highest BCUT2D eigenvalue weighted by Crippen LogP contribution is 2.29. The van der Waals surface area contributed by atoms with Crippen molar-refractivity contribution in [3.63, 3.8) is 0 Å². The van der Waals surface area contributed by atoms with E-state index in [0.29, 0.717) is 4.57 Å². The molecule has 0 bridgehead atoms. The summed E-state index contributed by atoms with van der Waals surface area (Å²) in [6.45, 7) is -0.341. The lowest BCUT2D eigenvalue weighted by molar-refractivity contribution is -0.156. The third-order valence-electron chi connectivity index (χ3n) is 4.71. The molecule has 0 amide bonds. The molecule has 1 aliphatic carbocycles. The number of ether oxygens (including phenoxy) is 2. The number of nitrogens with zero attached hydrogens (tertiary/aromatic N) is 2. The van der Waals surface area contributed by atoms with Gasteiger partial charge >= 0.3 is 11.7 Å². The lowest BCUT2D eigenvalue weighted by atomic mass is 9.89. The molecule has 0 radical (unpaired) electrons. The number of aliphatic hydroxyl groups excluding tert-OH is 2. The van der Waals surface area contributed by atoms with E-state index in [-0.39, 0.29) is 24.3 Å². The van der Waals surface area contributed by atoms with Crippen LogP contribution in [0.2, 0.25) is 0 Å². The molecule has 10 heteroatoms. The van der Waals surface area contributed by atoms with Gasteiger partial charge in [-0.3, -0.25) is 20.0 Å². The number of aromatic nitrogens is 2. The van der Waals surface area contributed by atoms with Crippen molar-refractivity contribution in [2.45, 2.75) is 56.6 Å². The molecule has 144 valence electrons. The molecule has 1 aliphatic heterocycles. The number of hydrogen-bond donors (Lipinski definition) is 4. The lowest BCUT2D eigenvalue weighted by Gasteiger charge is -2.21. The molecule has 1 saturated carbocycles. The smallest absolute Gasteiger partial charge is 0.351 e. The van der Waals surface area contributed by atoms with Crippen LogP contribution in [0.4, 0.5) is 5.82 Å². The Hall–Kier alpha value is -2.01. The number of hydrogen-bond acceptors (Lipinski definition) is 9. The quantitative estimate of drug-likeness (QED) is 0.409. The molecule has 1 aromatic heterocycles. The van der Waals surface area contributed by atoms with Gasteiger partial charge < -0.3 is 19.7 Å². The average Bonchev–Trinajstić information content (AvgIpc) is 2.91. The van der Waals surface area contributed by atoms with Gasteiger partial charge in [-0.2, -0.15) is 4.98 Å². The van der Waals surface area contributed by atoms with Crippen molar-refractivity contribution >= 4 is 11.8 Å². The molecular weight excluding hydrogens is 346 g/mol.